The molecule has 0 amide bonds. The Morgan fingerprint density at radius 1 is 1.29 bits per heavy atom. The quantitative estimate of drug-likeness (QED) is 0.727. The molecule has 2 N–H and O–H groups in total. The van der Waals surface area contributed by atoms with Gasteiger partial charge in [-0.3, -0.25) is 9.36 Å². The number of hydrogen-bond donors (Lipinski definition) is 2. The van der Waals surface area contributed by atoms with Gasteiger partial charge in [-0.05, 0) is 24.1 Å². The lowest BCUT2D eigenvalue weighted by molar-refractivity contribution is -0.136. The lowest BCUT2D eigenvalue weighted by atomic mass is 10.1. The van der Waals surface area contributed by atoms with Crippen LogP contribution in [0.15, 0.2) is 24.3 Å². The van der Waals surface area contributed by atoms with Crippen molar-refractivity contribution in [3.05, 3.63) is 29.8 Å². The van der Waals surface area contributed by atoms with Crippen molar-refractivity contribution in [2.75, 3.05) is 0 Å². The molecule has 0 saturated carbocycles. The fourth-order valence-electron chi connectivity index (χ4n) is 1.07. The van der Waals surface area contributed by atoms with Gasteiger partial charge in [0, 0.05) is 11.7 Å². The van der Waals surface area contributed by atoms with E-state index in [1.807, 2.05) is 0 Å². The predicted molar refractivity (Wildman–Crippen MR) is 53.3 cm³/mol. The summed E-state index contributed by atoms with van der Waals surface area (Å²) in [6.07, 6.45) is 0.523. The van der Waals surface area contributed by atoms with Gasteiger partial charge in [0.2, 0.25) is 8.03 Å². The van der Waals surface area contributed by atoms with E-state index >= 15 is 0 Å². The number of aryl methyl sites for hydroxylation is 1. The van der Waals surface area contributed by atoms with Gasteiger partial charge in [-0.15, -0.1) is 0 Å². The minimum absolute atomic E-state index is 0.0770. The summed E-state index contributed by atoms with van der Waals surface area (Å²) < 4.78 is 10.7. The van der Waals surface area contributed by atoms with E-state index in [4.69, 9.17) is 10.00 Å². The summed E-state index contributed by atoms with van der Waals surface area (Å²) in [6.45, 7) is 0. The van der Waals surface area contributed by atoms with Crippen LogP contribution in [0.1, 0.15) is 12.0 Å². The van der Waals surface area contributed by atoms with Crippen molar-refractivity contribution in [1.29, 1.82) is 0 Å². The van der Waals surface area contributed by atoms with Gasteiger partial charge in [-0.25, -0.2) is 0 Å². The van der Waals surface area contributed by atoms with Crippen LogP contribution in [0.5, 0.6) is 0 Å². The first-order valence-electron chi connectivity index (χ1n) is 4.13. The summed E-state index contributed by atoms with van der Waals surface area (Å²) in [6, 6.07) is 6.46. The average Bonchev–Trinajstić information content (AvgIpc) is 2.15. The first kappa shape index (κ1) is 11.0. The topological polar surface area (TPSA) is 74.6 Å². The summed E-state index contributed by atoms with van der Waals surface area (Å²) in [7, 11) is -2.63. The summed E-state index contributed by atoms with van der Waals surface area (Å²) in [5.74, 6) is -0.843. The maximum atomic E-state index is 10.7. The summed E-state index contributed by atoms with van der Waals surface area (Å²) in [5.41, 5.74) is 0.861. The molecule has 4 nitrogen and oxygen atoms in total. The van der Waals surface area contributed by atoms with Crippen LogP contribution in [-0.2, 0) is 15.8 Å². The Morgan fingerprint density at radius 2 is 1.86 bits per heavy atom. The van der Waals surface area contributed by atoms with Crippen molar-refractivity contribution in [2.24, 2.45) is 0 Å². The fourth-order valence-corrected chi connectivity index (χ4v) is 1.52. The van der Waals surface area contributed by atoms with Crippen LogP contribution in [0.2, 0.25) is 0 Å². The van der Waals surface area contributed by atoms with Crippen molar-refractivity contribution >= 4 is 19.3 Å². The number of rotatable bonds is 4. The standard InChI is InChI=1S/C9H11O4P/c10-9(11)6-3-7-1-4-8(5-2-7)14(12)13/h1-2,4-5,14H,3,6H2,(H,10,11)(H,12,13). The highest BCUT2D eigenvalue weighted by Gasteiger charge is 2.01. The minimum atomic E-state index is -2.63. The largest absolute Gasteiger partial charge is 0.481 e. The zero-order valence-electron chi connectivity index (χ0n) is 7.43. The van der Waals surface area contributed by atoms with Crippen molar-refractivity contribution in [1.82, 2.24) is 0 Å². The number of aliphatic carboxylic acids is 1. The molecule has 0 bridgehead atoms. The summed E-state index contributed by atoms with van der Waals surface area (Å²) in [4.78, 5) is 19.0. The molecule has 0 aliphatic rings. The maximum Gasteiger partial charge on any atom is 0.303 e. The molecule has 0 aliphatic carbocycles. The molecule has 5 heteroatoms. The number of carboxylic acids is 1. The van der Waals surface area contributed by atoms with E-state index in [9.17, 15) is 9.36 Å². The highest BCUT2D eigenvalue weighted by Crippen LogP contribution is 2.13. The van der Waals surface area contributed by atoms with Gasteiger partial charge < -0.3 is 10.00 Å². The Morgan fingerprint density at radius 3 is 2.29 bits per heavy atom. The molecular weight excluding hydrogens is 203 g/mol. The van der Waals surface area contributed by atoms with Crippen LogP contribution >= 0.6 is 8.03 Å². The lowest BCUT2D eigenvalue weighted by Gasteiger charge is -1.99. The van der Waals surface area contributed by atoms with Crippen LogP contribution in [0.4, 0.5) is 0 Å². The van der Waals surface area contributed by atoms with Gasteiger partial charge in [-0.1, -0.05) is 12.1 Å². The van der Waals surface area contributed by atoms with Crippen LogP contribution in [0.25, 0.3) is 0 Å². The predicted octanol–water partition coefficient (Wildman–Crippen LogP) is 0.796. The molecule has 76 valence electrons. The molecule has 0 heterocycles. The molecule has 0 saturated heterocycles. The lowest BCUT2D eigenvalue weighted by Crippen LogP contribution is -2.00. The SMILES string of the molecule is O=C(O)CCc1ccc([PH](=O)O)cc1. The van der Waals surface area contributed by atoms with Crippen molar-refractivity contribution in [3.63, 3.8) is 0 Å². The van der Waals surface area contributed by atoms with Gasteiger partial charge in [-0.2, -0.15) is 0 Å². The van der Waals surface area contributed by atoms with Crippen LogP contribution in [0, 0.1) is 0 Å². The second-order valence-corrected chi connectivity index (χ2v) is 4.08. The Labute approximate surface area is 82.1 Å². The number of carboxylic acid groups (broad SMARTS) is 1. The second-order valence-electron chi connectivity index (χ2n) is 2.90. The zero-order valence-corrected chi connectivity index (χ0v) is 8.43. The minimum Gasteiger partial charge on any atom is -0.481 e. The van der Waals surface area contributed by atoms with Crippen molar-refractivity contribution < 1.29 is 19.4 Å². The monoisotopic (exact) mass is 214 g/mol. The molecular formula is C9H11O4P. The van der Waals surface area contributed by atoms with E-state index in [-0.39, 0.29) is 6.42 Å². The van der Waals surface area contributed by atoms with Crippen LogP contribution in [0.3, 0.4) is 0 Å². The van der Waals surface area contributed by atoms with E-state index in [2.05, 4.69) is 0 Å². The van der Waals surface area contributed by atoms with Crippen LogP contribution in [-0.4, -0.2) is 16.0 Å². The Hall–Kier alpha value is -1.12. The second kappa shape index (κ2) is 4.94. The zero-order chi connectivity index (χ0) is 10.6. The van der Waals surface area contributed by atoms with Gasteiger partial charge >= 0.3 is 5.97 Å². The van der Waals surface area contributed by atoms with E-state index in [1.165, 1.54) is 0 Å². The third kappa shape index (κ3) is 3.32. The van der Waals surface area contributed by atoms with Gasteiger partial charge in [0.1, 0.15) is 0 Å². The Bertz CT molecular complexity index is 344. The van der Waals surface area contributed by atoms with Gasteiger partial charge in [0.05, 0.1) is 0 Å². The number of benzene rings is 1. The average molecular weight is 214 g/mol. The van der Waals surface area contributed by atoms with Gasteiger partial charge in [0.25, 0.3) is 0 Å². The van der Waals surface area contributed by atoms with E-state index in [0.29, 0.717) is 11.7 Å². The Balaban J connectivity index is 2.64. The summed E-state index contributed by atoms with van der Waals surface area (Å²) >= 11 is 0. The van der Waals surface area contributed by atoms with E-state index in [0.717, 1.165) is 5.56 Å². The fraction of sp³-hybridized carbons (Fsp3) is 0.222. The van der Waals surface area contributed by atoms with E-state index in [1.54, 1.807) is 24.3 Å². The highest BCUT2D eigenvalue weighted by atomic mass is 31.1. The molecule has 0 aliphatic heterocycles. The Kier molecular flexibility index (Phi) is 3.86. The summed E-state index contributed by atoms with van der Waals surface area (Å²) in [5, 5.41) is 8.83. The molecule has 0 aromatic heterocycles. The molecule has 0 fully saturated rings. The van der Waals surface area contributed by atoms with Crippen molar-refractivity contribution in [2.45, 2.75) is 12.8 Å². The number of hydrogen-bond acceptors (Lipinski definition) is 2. The third-order valence-electron chi connectivity index (χ3n) is 1.83. The normalized spacial score (nSPS) is 12.4. The highest BCUT2D eigenvalue weighted by molar-refractivity contribution is 7.47. The van der Waals surface area contributed by atoms with E-state index < -0.39 is 14.0 Å². The van der Waals surface area contributed by atoms with Crippen molar-refractivity contribution in [3.8, 4) is 0 Å². The molecule has 0 radical (unpaired) electrons. The maximum absolute atomic E-state index is 10.7. The molecule has 1 rings (SSSR count). The van der Waals surface area contributed by atoms with Gasteiger partial charge in [0.15, 0.2) is 0 Å². The smallest absolute Gasteiger partial charge is 0.303 e. The molecule has 1 aromatic rings. The first-order valence-corrected chi connectivity index (χ1v) is 5.49. The molecule has 1 atom stereocenters. The molecule has 1 aromatic carbocycles. The third-order valence-corrected chi connectivity index (χ3v) is 2.66. The molecule has 1 unspecified atom stereocenters. The van der Waals surface area contributed by atoms with Crippen LogP contribution < -0.4 is 5.30 Å². The number of carbonyl (C=O) groups is 1. The molecule has 14 heavy (non-hydrogen) atoms. The first-order chi connectivity index (χ1) is 6.59. The molecule has 0 spiro atoms.